The smallest absolute Gasteiger partial charge is 0.270 e. The summed E-state index contributed by atoms with van der Waals surface area (Å²) in [6.45, 7) is 0.735. The minimum atomic E-state index is -0.573. The number of halogens is 1. The third-order valence-corrected chi connectivity index (χ3v) is 4.01. The first-order valence-electron chi connectivity index (χ1n) is 7.69. The number of hydrogen-bond acceptors (Lipinski definition) is 5. The Labute approximate surface area is 143 Å². The molecule has 0 aliphatic carbocycles. The van der Waals surface area contributed by atoms with Crippen molar-refractivity contribution in [3.05, 3.63) is 64.0 Å². The number of non-ortho nitro benzene ring substituents is 1. The molecule has 0 saturated carbocycles. The van der Waals surface area contributed by atoms with Crippen LogP contribution >= 0.6 is 0 Å². The molecular formula is C17H16FN3O4. The van der Waals surface area contributed by atoms with Gasteiger partial charge in [0.2, 0.25) is 0 Å². The first kappa shape index (κ1) is 16.7. The van der Waals surface area contributed by atoms with E-state index in [1.807, 2.05) is 0 Å². The second kappa shape index (κ2) is 6.76. The number of carbonyl (C=O) groups excluding carboxylic acids is 1. The van der Waals surface area contributed by atoms with E-state index in [0.29, 0.717) is 25.3 Å². The van der Waals surface area contributed by atoms with Crippen LogP contribution in [0.2, 0.25) is 0 Å². The average molecular weight is 345 g/mol. The summed E-state index contributed by atoms with van der Waals surface area (Å²) in [5.74, 6) is -0.381. The molecule has 8 heteroatoms. The van der Waals surface area contributed by atoms with Crippen LogP contribution in [0.15, 0.2) is 42.5 Å². The zero-order valence-electron chi connectivity index (χ0n) is 13.2. The Hall–Kier alpha value is -3.16. The number of nitrogen functional groups attached to an aromatic ring is 1. The molecule has 1 amide bonds. The molecule has 0 aromatic heterocycles. The number of likely N-dealkylation sites (tertiary alicyclic amines) is 1. The second-order valence-electron chi connectivity index (χ2n) is 5.77. The highest BCUT2D eigenvalue weighted by Gasteiger charge is 2.30. The van der Waals surface area contributed by atoms with Gasteiger partial charge in [-0.05, 0) is 18.2 Å². The van der Waals surface area contributed by atoms with Crippen molar-refractivity contribution in [2.45, 2.75) is 12.5 Å². The fourth-order valence-corrected chi connectivity index (χ4v) is 2.76. The van der Waals surface area contributed by atoms with Crippen molar-refractivity contribution in [3.63, 3.8) is 0 Å². The van der Waals surface area contributed by atoms with Crippen LogP contribution in [0.4, 0.5) is 15.8 Å². The minimum Gasteiger partial charge on any atom is -0.488 e. The van der Waals surface area contributed by atoms with Gasteiger partial charge in [-0.15, -0.1) is 0 Å². The molecule has 0 bridgehead atoms. The lowest BCUT2D eigenvalue weighted by molar-refractivity contribution is -0.384. The highest BCUT2D eigenvalue weighted by atomic mass is 19.1. The molecule has 0 spiro atoms. The van der Waals surface area contributed by atoms with Crippen LogP contribution in [0.3, 0.4) is 0 Å². The number of nitro benzene ring substituents is 1. The van der Waals surface area contributed by atoms with Crippen LogP contribution in [0, 0.1) is 15.9 Å². The van der Waals surface area contributed by atoms with Crippen molar-refractivity contribution in [3.8, 4) is 5.75 Å². The minimum absolute atomic E-state index is 0.0978. The molecule has 1 aliphatic heterocycles. The van der Waals surface area contributed by atoms with E-state index in [4.69, 9.17) is 10.5 Å². The fourth-order valence-electron chi connectivity index (χ4n) is 2.76. The standard InChI is InChI=1S/C17H16FN3O4/c18-11-2-1-3-13(8-11)25-14-6-7-20(10-14)17(22)15-9-12(21(23)24)4-5-16(15)19/h1-5,8-9,14H,6-7,10,19H2. The number of rotatable bonds is 4. The Morgan fingerprint density at radius 2 is 2.12 bits per heavy atom. The zero-order chi connectivity index (χ0) is 18.0. The molecule has 3 rings (SSSR count). The molecule has 0 radical (unpaired) electrons. The Morgan fingerprint density at radius 1 is 1.32 bits per heavy atom. The van der Waals surface area contributed by atoms with Gasteiger partial charge in [-0.1, -0.05) is 6.07 Å². The summed E-state index contributed by atoms with van der Waals surface area (Å²) in [5, 5.41) is 10.9. The number of anilines is 1. The van der Waals surface area contributed by atoms with Gasteiger partial charge in [-0.3, -0.25) is 14.9 Å². The van der Waals surface area contributed by atoms with E-state index in [2.05, 4.69) is 0 Å². The SMILES string of the molecule is Nc1ccc([N+](=O)[O-])cc1C(=O)N1CCC(Oc2cccc(F)c2)C1. The third-order valence-electron chi connectivity index (χ3n) is 4.01. The molecular weight excluding hydrogens is 329 g/mol. The van der Waals surface area contributed by atoms with Crippen molar-refractivity contribution in [1.82, 2.24) is 4.90 Å². The topological polar surface area (TPSA) is 98.7 Å². The van der Waals surface area contributed by atoms with Crippen LogP contribution < -0.4 is 10.5 Å². The van der Waals surface area contributed by atoms with Crippen molar-refractivity contribution < 1.29 is 18.8 Å². The lowest BCUT2D eigenvalue weighted by Gasteiger charge is -2.18. The lowest BCUT2D eigenvalue weighted by Crippen LogP contribution is -2.31. The maximum atomic E-state index is 13.2. The molecule has 7 nitrogen and oxygen atoms in total. The summed E-state index contributed by atoms with van der Waals surface area (Å²) in [7, 11) is 0. The molecule has 1 unspecified atom stereocenters. The summed E-state index contributed by atoms with van der Waals surface area (Å²) in [6, 6.07) is 9.58. The van der Waals surface area contributed by atoms with Crippen LogP contribution in [0.25, 0.3) is 0 Å². The van der Waals surface area contributed by atoms with E-state index in [-0.39, 0.29) is 28.9 Å². The molecule has 1 heterocycles. The second-order valence-corrected chi connectivity index (χ2v) is 5.77. The molecule has 1 saturated heterocycles. The molecule has 1 fully saturated rings. The van der Waals surface area contributed by atoms with E-state index in [1.165, 1.54) is 35.2 Å². The number of amides is 1. The average Bonchev–Trinajstić information content (AvgIpc) is 3.03. The summed E-state index contributed by atoms with van der Waals surface area (Å²) < 4.78 is 18.9. The van der Waals surface area contributed by atoms with Gasteiger partial charge in [-0.25, -0.2) is 4.39 Å². The van der Waals surface area contributed by atoms with Gasteiger partial charge < -0.3 is 15.4 Å². The Bertz CT molecular complexity index is 827. The van der Waals surface area contributed by atoms with E-state index in [0.717, 1.165) is 0 Å². The summed E-state index contributed by atoms with van der Waals surface area (Å²) in [6.07, 6.45) is 0.308. The number of ether oxygens (including phenoxy) is 1. The number of nitrogens with zero attached hydrogens (tertiary/aromatic N) is 2. The fraction of sp³-hybridized carbons (Fsp3) is 0.235. The van der Waals surface area contributed by atoms with Crippen molar-refractivity contribution in [1.29, 1.82) is 0 Å². The zero-order valence-corrected chi connectivity index (χ0v) is 13.2. The van der Waals surface area contributed by atoms with Gasteiger partial charge >= 0.3 is 0 Å². The van der Waals surface area contributed by atoms with E-state index in [9.17, 15) is 19.3 Å². The van der Waals surface area contributed by atoms with Gasteiger partial charge in [0, 0.05) is 36.9 Å². The Kier molecular flexibility index (Phi) is 4.51. The number of hydrogen-bond donors (Lipinski definition) is 1. The first-order chi connectivity index (χ1) is 11.9. The van der Waals surface area contributed by atoms with E-state index < -0.39 is 10.7 Å². The molecule has 25 heavy (non-hydrogen) atoms. The van der Waals surface area contributed by atoms with Crippen molar-refractivity contribution >= 4 is 17.3 Å². The summed E-state index contributed by atoms with van der Waals surface area (Å²) in [5.41, 5.74) is 5.88. The summed E-state index contributed by atoms with van der Waals surface area (Å²) >= 11 is 0. The van der Waals surface area contributed by atoms with E-state index >= 15 is 0 Å². The molecule has 1 atom stereocenters. The highest BCUT2D eigenvalue weighted by molar-refractivity contribution is 6.00. The van der Waals surface area contributed by atoms with Gasteiger partial charge in [0.1, 0.15) is 17.7 Å². The first-order valence-corrected chi connectivity index (χ1v) is 7.69. The number of nitrogens with two attached hydrogens (primary N) is 1. The predicted octanol–water partition coefficient (Wildman–Crippen LogP) is 2.61. The Morgan fingerprint density at radius 3 is 2.84 bits per heavy atom. The Balaban J connectivity index is 1.70. The van der Waals surface area contributed by atoms with Crippen molar-refractivity contribution in [2.24, 2.45) is 0 Å². The number of benzene rings is 2. The molecule has 2 aromatic carbocycles. The molecule has 2 aromatic rings. The molecule has 2 N–H and O–H groups in total. The predicted molar refractivity (Wildman–Crippen MR) is 88.8 cm³/mol. The molecule has 130 valence electrons. The van der Waals surface area contributed by atoms with Gasteiger partial charge in [-0.2, -0.15) is 0 Å². The summed E-state index contributed by atoms with van der Waals surface area (Å²) in [4.78, 5) is 24.4. The van der Waals surface area contributed by atoms with Gasteiger partial charge in [0.15, 0.2) is 0 Å². The van der Waals surface area contributed by atoms with Crippen LogP contribution in [0.1, 0.15) is 16.8 Å². The maximum Gasteiger partial charge on any atom is 0.270 e. The van der Waals surface area contributed by atoms with Crippen LogP contribution in [-0.2, 0) is 0 Å². The third kappa shape index (κ3) is 3.68. The van der Waals surface area contributed by atoms with Crippen LogP contribution in [-0.4, -0.2) is 34.9 Å². The van der Waals surface area contributed by atoms with Gasteiger partial charge in [0.25, 0.3) is 11.6 Å². The highest BCUT2D eigenvalue weighted by Crippen LogP contribution is 2.24. The maximum absolute atomic E-state index is 13.2. The van der Waals surface area contributed by atoms with Crippen molar-refractivity contribution in [2.75, 3.05) is 18.8 Å². The monoisotopic (exact) mass is 345 g/mol. The van der Waals surface area contributed by atoms with Crippen LogP contribution in [0.5, 0.6) is 5.75 Å². The lowest BCUT2D eigenvalue weighted by atomic mass is 10.1. The number of carbonyl (C=O) groups is 1. The quantitative estimate of drug-likeness (QED) is 0.522. The van der Waals surface area contributed by atoms with Gasteiger partial charge in [0.05, 0.1) is 17.0 Å². The van der Waals surface area contributed by atoms with E-state index in [1.54, 1.807) is 12.1 Å². The normalized spacial score (nSPS) is 16.7. The number of nitro groups is 1. The molecule has 1 aliphatic rings. The largest absolute Gasteiger partial charge is 0.488 e.